The van der Waals surface area contributed by atoms with Gasteiger partial charge < -0.3 is 31.8 Å². The normalized spacial score (nSPS) is 14.9. The smallest absolute Gasteiger partial charge is 0.326 e. The van der Waals surface area contributed by atoms with Crippen molar-refractivity contribution in [2.75, 3.05) is 0 Å². The minimum Gasteiger partial charge on any atom is -0.480 e. The van der Waals surface area contributed by atoms with Gasteiger partial charge in [0.05, 0.1) is 6.04 Å². The Bertz CT molecular complexity index is 1360. The van der Waals surface area contributed by atoms with Gasteiger partial charge in [-0.3, -0.25) is 14.4 Å². The van der Waals surface area contributed by atoms with Gasteiger partial charge in [-0.2, -0.15) is 0 Å². The number of amides is 3. The lowest BCUT2D eigenvalue weighted by Gasteiger charge is -2.27. The van der Waals surface area contributed by atoms with Crippen LogP contribution in [0.25, 0.3) is 10.9 Å². The van der Waals surface area contributed by atoms with Crippen LogP contribution in [0.4, 0.5) is 0 Å². The summed E-state index contributed by atoms with van der Waals surface area (Å²) in [6, 6.07) is 12.7. The van der Waals surface area contributed by atoms with Crippen LogP contribution in [0, 0.1) is 11.8 Å². The molecular weight excluding hydrogens is 534 g/mol. The standard InChI is InChI=1S/C32H43N5O5/c1-5-20(4)28(33)31(40)36-26(16-21-11-7-6-8-12-21)30(39)35-25(15-19(2)3)29(38)37-27(32(41)42)17-22-18-34-24-14-10-9-13-23(22)24/h6-14,18-20,25-28,34H,5,15-17,33H2,1-4H3,(H,35,39)(H,36,40)(H,37,38)(H,41,42). The molecule has 3 aromatic rings. The lowest BCUT2D eigenvalue weighted by atomic mass is 9.97. The minimum absolute atomic E-state index is 0.0129. The SMILES string of the molecule is CCC(C)C(N)C(=O)NC(Cc1ccccc1)C(=O)NC(CC(C)C)C(=O)NC(Cc1c[nH]c2ccccc12)C(=O)O. The van der Waals surface area contributed by atoms with Crippen molar-refractivity contribution in [3.05, 3.63) is 71.9 Å². The first-order valence-corrected chi connectivity index (χ1v) is 14.5. The van der Waals surface area contributed by atoms with Crippen molar-refractivity contribution in [3.63, 3.8) is 0 Å². The molecule has 0 aliphatic heterocycles. The van der Waals surface area contributed by atoms with E-state index < -0.39 is 47.9 Å². The van der Waals surface area contributed by atoms with Crippen LogP contribution in [-0.4, -0.2) is 57.9 Å². The first kappa shape index (κ1) is 32.3. The van der Waals surface area contributed by atoms with Gasteiger partial charge in [0.15, 0.2) is 0 Å². The van der Waals surface area contributed by atoms with Crippen LogP contribution >= 0.6 is 0 Å². The number of rotatable bonds is 15. The van der Waals surface area contributed by atoms with Crippen molar-refractivity contribution in [2.45, 2.75) is 77.5 Å². The lowest BCUT2D eigenvalue weighted by molar-refractivity contribution is -0.142. The Morgan fingerprint density at radius 2 is 1.40 bits per heavy atom. The van der Waals surface area contributed by atoms with Gasteiger partial charge in [-0.1, -0.05) is 82.6 Å². The molecule has 0 saturated heterocycles. The largest absolute Gasteiger partial charge is 0.480 e. The number of nitrogens with two attached hydrogens (primary N) is 1. The maximum atomic E-state index is 13.6. The fourth-order valence-electron chi connectivity index (χ4n) is 4.81. The molecule has 0 fully saturated rings. The molecule has 10 nitrogen and oxygen atoms in total. The number of para-hydroxylation sites is 1. The molecule has 3 rings (SSSR count). The first-order chi connectivity index (χ1) is 20.0. The third-order valence-electron chi connectivity index (χ3n) is 7.53. The molecule has 1 heterocycles. The van der Waals surface area contributed by atoms with Gasteiger partial charge in [-0.05, 0) is 35.4 Å². The highest BCUT2D eigenvalue weighted by Crippen LogP contribution is 2.19. The van der Waals surface area contributed by atoms with E-state index in [2.05, 4.69) is 20.9 Å². The lowest BCUT2D eigenvalue weighted by Crippen LogP contribution is -2.58. The Balaban J connectivity index is 1.79. The molecule has 5 unspecified atom stereocenters. The number of nitrogens with one attached hydrogen (secondary N) is 4. The summed E-state index contributed by atoms with van der Waals surface area (Å²) in [4.78, 5) is 55.3. The van der Waals surface area contributed by atoms with Crippen molar-refractivity contribution in [1.82, 2.24) is 20.9 Å². The summed E-state index contributed by atoms with van der Waals surface area (Å²) in [6.45, 7) is 7.61. The van der Waals surface area contributed by atoms with Crippen molar-refractivity contribution in [3.8, 4) is 0 Å². The van der Waals surface area contributed by atoms with Crippen LogP contribution in [0.5, 0.6) is 0 Å². The van der Waals surface area contributed by atoms with E-state index in [1.54, 1.807) is 6.20 Å². The van der Waals surface area contributed by atoms with E-state index in [1.165, 1.54) is 0 Å². The summed E-state index contributed by atoms with van der Waals surface area (Å²) in [7, 11) is 0. The van der Waals surface area contributed by atoms with Crippen LogP contribution in [0.15, 0.2) is 60.8 Å². The number of H-pyrrole nitrogens is 1. The molecule has 0 spiro atoms. The Morgan fingerprint density at radius 3 is 2.05 bits per heavy atom. The third-order valence-corrected chi connectivity index (χ3v) is 7.53. The molecule has 0 aliphatic carbocycles. The second-order valence-electron chi connectivity index (χ2n) is 11.3. The van der Waals surface area contributed by atoms with Crippen LogP contribution < -0.4 is 21.7 Å². The summed E-state index contributed by atoms with van der Waals surface area (Å²) < 4.78 is 0. The fraction of sp³-hybridized carbons (Fsp3) is 0.438. The van der Waals surface area contributed by atoms with Crippen LogP contribution in [-0.2, 0) is 32.0 Å². The Hall–Kier alpha value is -4.18. The van der Waals surface area contributed by atoms with E-state index in [9.17, 15) is 24.3 Å². The molecule has 2 aromatic carbocycles. The van der Waals surface area contributed by atoms with Crippen molar-refractivity contribution < 1.29 is 24.3 Å². The van der Waals surface area contributed by atoms with E-state index in [4.69, 9.17) is 5.73 Å². The average molecular weight is 578 g/mol. The third kappa shape index (κ3) is 8.91. The fourth-order valence-corrected chi connectivity index (χ4v) is 4.81. The first-order valence-electron chi connectivity index (χ1n) is 14.5. The average Bonchev–Trinajstić information content (AvgIpc) is 3.38. The van der Waals surface area contributed by atoms with Gasteiger partial charge in [0.2, 0.25) is 17.7 Å². The Morgan fingerprint density at radius 1 is 0.810 bits per heavy atom. The van der Waals surface area contributed by atoms with Crippen molar-refractivity contribution in [2.24, 2.45) is 17.6 Å². The number of carboxylic acid groups (broad SMARTS) is 1. The van der Waals surface area contributed by atoms with Gasteiger partial charge >= 0.3 is 5.97 Å². The van der Waals surface area contributed by atoms with E-state index in [0.717, 1.165) is 22.0 Å². The number of hydrogen-bond donors (Lipinski definition) is 6. The van der Waals surface area contributed by atoms with Crippen LogP contribution in [0.3, 0.4) is 0 Å². The minimum atomic E-state index is -1.21. The maximum absolute atomic E-state index is 13.6. The second-order valence-corrected chi connectivity index (χ2v) is 11.3. The zero-order valence-electron chi connectivity index (χ0n) is 24.7. The number of carbonyl (C=O) groups excluding carboxylic acids is 3. The number of carboxylic acids is 1. The molecule has 7 N–H and O–H groups in total. The molecule has 42 heavy (non-hydrogen) atoms. The number of carbonyl (C=O) groups is 4. The van der Waals surface area contributed by atoms with Gasteiger partial charge in [-0.15, -0.1) is 0 Å². The van der Waals surface area contributed by atoms with Gasteiger partial charge in [0, 0.05) is 29.9 Å². The molecule has 5 atom stereocenters. The zero-order valence-corrected chi connectivity index (χ0v) is 24.7. The maximum Gasteiger partial charge on any atom is 0.326 e. The highest BCUT2D eigenvalue weighted by atomic mass is 16.4. The molecule has 226 valence electrons. The predicted molar refractivity (Wildman–Crippen MR) is 162 cm³/mol. The molecule has 0 aliphatic rings. The summed E-state index contributed by atoms with van der Waals surface area (Å²) >= 11 is 0. The number of aromatic nitrogens is 1. The summed E-state index contributed by atoms with van der Waals surface area (Å²) in [5.74, 6) is -2.86. The predicted octanol–water partition coefficient (Wildman–Crippen LogP) is 2.91. The summed E-state index contributed by atoms with van der Waals surface area (Å²) in [5.41, 5.74) is 8.58. The summed E-state index contributed by atoms with van der Waals surface area (Å²) in [5, 5.41) is 19.0. The van der Waals surface area contributed by atoms with E-state index in [-0.39, 0.29) is 31.1 Å². The summed E-state index contributed by atoms with van der Waals surface area (Å²) in [6.07, 6.45) is 2.97. The number of aliphatic carboxylic acids is 1. The molecule has 0 saturated carbocycles. The van der Waals surface area contributed by atoms with Crippen LogP contribution in [0.2, 0.25) is 0 Å². The molecule has 10 heteroatoms. The Kier molecular flexibility index (Phi) is 11.7. The number of fused-ring (bicyclic) bond motifs is 1. The number of aromatic amines is 1. The topological polar surface area (TPSA) is 166 Å². The Labute approximate surface area is 246 Å². The monoisotopic (exact) mass is 577 g/mol. The quantitative estimate of drug-likeness (QED) is 0.162. The highest BCUT2D eigenvalue weighted by molar-refractivity contribution is 5.94. The number of hydrogen-bond acceptors (Lipinski definition) is 5. The second kappa shape index (κ2) is 15.2. The molecule has 0 bridgehead atoms. The van der Waals surface area contributed by atoms with Gasteiger partial charge in [0.25, 0.3) is 0 Å². The molecule has 0 radical (unpaired) electrons. The van der Waals surface area contributed by atoms with E-state index in [0.29, 0.717) is 6.42 Å². The van der Waals surface area contributed by atoms with E-state index in [1.807, 2.05) is 82.3 Å². The van der Waals surface area contributed by atoms with Gasteiger partial charge in [-0.25, -0.2) is 4.79 Å². The molecular formula is C32H43N5O5. The van der Waals surface area contributed by atoms with Gasteiger partial charge in [0.1, 0.15) is 18.1 Å². The molecule has 3 amide bonds. The molecule has 1 aromatic heterocycles. The number of benzene rings is 2. The van der Waals surface area contributed by atoms with Crippen molar-refractivity contribution in [1.29, 1.82) is 0 Å². The highest BCUT2D eigenvalue weighted by Gasteiger charge is 2.32. The van der Waals surface area contributed by atoms with Crippen LogP contribution in [0.1, 0.15) is 51.7 Å². The van der Waals surface area contributed by atoms with E-state index >= 15 is 0 Å². The zero-order chi connectivity index (χ0) is 30.8. The van der Waals surface area contributed by atoms with Crippen molar-refractivity contribution >= 4 is 34.6 Å².